The van der Waals surface area contributed by atoms with Crippen LogP contribution in [0.1, 0.15) is 19.5 Å². The van der Waals surface area contributed by atoms with Gasteiger partial charge in [-0.05, 0) is 31.9 Å². The van der Waals surface area contributed by atoms with Crippen molar-refractivity contribution in [1.82, 2.24) is 9.88 Å². The Labute approximate surface area is 107 Å². The maximum atomic E-state index is 11.8. The summed E-state index contributed by atoms with van der Waals surface area (Å²) < 4.78 is 0. The predicted molar refractivity (Wildman–Crippen MR) is 72.1 cm³/mol. The Morgan fingerprint density at radius 2 is 2.17 bits per heavy atom. The van der Waals surface area contributed by atoms with Crippen LogP contribution in [0.2, 0.25) is 0 Å². The SMILES string of the molecule is CCN(CC)C(=O)Nc1cccc(C#CCN)n1. The molecule has 0 aliphatic rings. The van der Waals surface area contributed by atoms with Crippen LogP contribution in [-0.2, 0) is 0 Å². The van der Waals surface area contributed by atoms with Gasteiger partial charge in [-0.2, -0.15) is 0 Å². The quantitative estimate of drug-likeness (QED) is 0.789. The van der Waals surface area contributed by atoms with Gasteiger partial charge in [0.25, 0.3) is 0 Å². The third kappa shape index (κ3) is 4.07. The molecule has 3 N–H and O–H groups in total. The fourth-order valence-corrected chi connectivity index (χ4v) is 1.41. The first-order valence-electron chi connectivity index (χ1n) is 5.93. The Morgan fingerprint density at radius 1 is 1.44 bits per heavy atom. The Hall–Kier alpha value is -2.06. The van der Waals surface area contributed by atoms with Crippen LogP contribution in [0.25, 0.3) is 0 Å². The smallest absolute Gasteiger partial charge is 0.322 e. The number of amides is 2. The van der Waals surface area contributed by atoms with Gasteiger partial charge >= 0.3 is 6.03 Å². The molecule has 0 radical (unpaired) electrons. The molecule has 0 saturated heterocycles. The molecule has 1 aromatic heterocycles. The zero-order chi connectivity index (χ0) is 13.4. The zero-order valence-electron chi connectivity index (χ0n) is 10.7. The van der Waals surface area contributed by atoms with Crippen LogP contribution in [-0.4, -0.2) is 35.5 Å². The molecule has 5 nitrogen and oxygen atoms in total. The molecule has 0 unspecified atom stereocenters. The van der Waals surface area contributed by atoms with E-state index < -0.39 is 0 Å². The number of carbonyl (C=O) groups excluding carboxylic acids is 1. The molecule has 0 atom stereocenters. The second-order valence-corrected chi connectivity index (χ2v) is 3.52. The van der Waals surface area contributed by atoms with Crippen LogP contribution in [0.4, 0.5) is 10.6 Å². The van der Waals surface area contributed by atoms with E-state index in [4.69, 9.17) is 5.73 Å². The van der Waals surface area contributed by atoms with Gasteiger partial charge in [-0.1, -0.05) is 12.0 Å². The number of nitrogens with one attached hydrogen (secondary N) is 1. The van der Waals surface area contributed by atoms with Crippen molar-refractivity contribution in [1.29, 1.82) is 0 Å². The van der Waals surface area contributed by atoms with Crippen molar-refractivity contribution < 1.29 is 4.79 Å². The fourth-order valence-electron chi connectivity index (χ4n) is 1.41. The van der Waals surface area contributed by atoms with E-state index in [2.05, 4.69) is 22.1 Å². The molecule has 0 aliphatic carbocycles. The maximum Gasteiger partial charge on any atom is 0.322 e. The van der Waals surface area contributed by atoms with Crippen molar-refractivity contribution in [3.8, 4) is 11.8 Å². The summed E-state index contributed by atoms with van der Waals surface area (Å²) in [5, 5.41) is 2.74. The van der Waals surface area contributed by atoms with Crippen molar-refractivity contribution in [2.24, 2.45) is 5.73 Å². The van der Waals surface area contributed by atoms with Crippen molar-refractivity contribution in [2.45, 2.75) is 13.8 Å². The highest BCUT2D eigenvalue weighted by Crippen LogP contribution is 2.05. The normalized spacial score (nSPS) is 9.28. The van der Waals surface area contributed by atoms with Gasteiger partial charge in [-0.15, -0.1) is 0 Å². The Bertz CT molecular complexity index is 458. The van der Waals surface area contributed by atoms with Crippen LogP contribution >= 0.6 is 0 Å². The molecule has 1 rings (SSSR count). The van der Waals surface area contributed by atoms with E-state index >= 15 is 0 Å². The highest BCUT2D eigenvalue weighted by Gasteiger charge is 2.09. The minimum atomic E-state index is -0.156. The largest absolute Gasteiger partial charge is 0.325 e. The number of anilines is 1. The molecule has 1 heterocycles. The second-order valence-electron chi connectivity index (χ2n) is 3.52. The highest BCUT2D eigenvalue weighted by atomic mass is 16.2. The topological polar surface area (TPSA) is 71.2 Å². The summed E-state index contributed by atoms with van der Waals surface area (Å²) in [6.07, 6.45) is 0. The molecule has 1 aromatic rings. The maximum absolute atomic E-state index is 11.8. The van der Waals surface area contributed by atoms with Crippen molar-refractivity contribution in [3.63, 3.8) is 0 Å². The number of nitrogens with zero attached hydrogens (tertiary/aromatic N) is 2. The van der Waals surface area contributed by atoms with Gasteiger partial charge in [0.2, 0.25) is 0 Å². The Morgan fingerprint density at radius 3 is 2.78 bits per heavy atom. The summed E-state index contributed by atoms with van der Waals surface area (Å²) in [7, 11) is 0. The number of urea groups is 1. The lowest BCUT2D eigenvalue weighted by atomic mass is 10.3. The number of carbonyl (C=O) groups is 1. The van der Waals surface area contributed by atoms with Crippen LogP contribution in [0.15, 0.2) is 18.2 Å². The first-order chi connectivity index (χ1) is 8.71. The molecule has 0 spiro atoms. The molecule has 18 heavy (non-hydrogen) atoms. The summed E-state index contributed by atoms with van der Waals surface area (Å²) in [5.41, 5.74) is 5.89. The van der Waals surface area contributed by atoms with Crippen LogP contribution in [0, 0.1) is 11.8 Å². The van der Waals surface area contributed by atoms with Crippen LogP contribution < -0.4 is 11.1 Å². The third-order valence-electron chi connectivity index (χ3n) is 2.35. The molecule has 0 fully saturated rings. The first kappa shape index (κ1) is 14.0. The van der Waals surface area contributed by atoms with Gasteiger partial charge in [-0.25, -0.2) is 9.78 Å². The van der Waals surface area contributed by atoms with E-state index in [0.717, 1.165) is 0 Å². The number of rotatable bonds is 3. The molecule has 96 valence electrons. The number of aromatic nitrogens is 1. The monoisotopic (exact) mass is 246 g/mol. The van der Waals surface area contributed by atoms with Crippen molar-refractivity contribution >= 4 is 11.8 Å². The van der Waals surface area contributed by atoms with E-state index in [1.165, 1.54) is 0 Å². The van der Waals surface area contributed by atoms with Gasteiger partial charge in [0, 0.05) is 13.1 Å². The molecule has 2 amide bonds. The van der Waals surface area contributed by atoms with Crippen molar-refractivity contribution in [2.75, 3.05) is 25.0 Å². The fraction of sp³-hybridized carbons (Fsp3) is 0.385. The molecule has 0 bridgehead atoms. The first-order valence-corrected chi connectivity index (χ1v) is 5.93. The molecule has 5 heteroatoms. The van der Waals surface area contributed by atoms with Crippen LogP contribution in [0.5, 0.6) is 0 Å². The third-order valence-corrected chi connectivity index (χ3v) is 2.35. The van der Waals surface area contributed by atoms with E-state index in [1.54, 1.807) is 23.1 Å². The minimum Gasteiger partial charge on any atom is -0.325 e. The van der Waals surface area contributed by atoms with Gasteiger partial charge in [0.1, 0.15) is 11.5 Å². The lowest BCUT2D eigenvalue weighted by Gasteiger charge is -2.18. The standard InChI is InChI=1S/C13H18N4O/c1-3-17(4-2)13(18)16-12-9-5-7-11(15-12)8-6-10-14/h5,7,9H,3-4,10,14H2,1-2H3,(H,15,16,18). The molecular formula is C13H18N4O. The minimum absolute atomic E-state index is 0.156. The number of pyridine rings is 1. The predicted octanol–water partition coefficient (Wildman–Crippen LogP) is 1.27. The lowest BCUT2D eigenvalue weighted by molar-refractivity contribution is 0.217. The Balaban J connectivity index is 2.76. The number of hydrogen-bond acceptors (Lipinski definition) is 3. The Kier molecular flexibility index (Phi) is 5.68. The summed E-state index contributed by atoms with van der Waals surface area (Å²) in [6.45, 7) is 5.47. The van der Waals surface area contributed by atoms with E-state index in [0.29, 0.717) is 24.6 Å². The van der Waals surface area contributed by atoms with Gasteiger partial charge in [-0.3, -0.25) is 5.32 Å². The molecular weight excluding hydrogens is 228 g/mol. The van der Waals surface area contributed by atoms with E-state index in [-0.39, 0.29) is 12.6 Å². The molecule has 0 aliphatic heterocycles. The van der Waals surface area contributed by atoms with E-state index in [9.17, 15) is 4.79 Å². The lowest BCUT2D eigenvalue weighted by Crippen LogP contribution is -2.34. The molecule has 0 aromatic carbocycles. The highest BCUT2D eigenvalue weighted by molar-refractivity contribution is 5.88. The van der Waals surface area contributed by atoms with Gasteiger partial charge in [0.15, 0.2) is 0 Å². The van der Waals surface area contributed by atoms with E-state index in [1.807, 2.05) is 13.8 Å². The average Bonchev–Trinajstić information content (AvgIpc) is 2.38. The zero-order valence-corrected chi connectivity index (χ0v) is 10.7. The van der Waals surface area contributed by atoms with Gasteiger partial charge in [0.05, 0.1) is 6.54 Å². The summed E-state index contributed by atoms with van der Waals surface area (Å²) in [4.78, 5) is 17.7. The average molecular weight is 246 g/mol. The number of hydrogen-bond donors (Lipinski definition) is 2. The van der Waals surface area contributed by atoms with Crippen LogP contribution in [0.3, 0.4) is 0 Å². The molecule has 0 saturated carbocycles. The summed E-state index contributed by atoms with van der Waals surface area (Å²) >= 11 is 0. The summed E-state index contributed by atoms with van der Waals surface area (Å²) in [5.74, 6) is 6.04. The van der Waals surface area contributed by atoms with Crippen molar-refractivity contribution in [3.05, 3.63) is 23.9 Å². The number of nitrogens with two attached hydrogens (primary N) is 1. The second kappa shape index (κ2) is 7.30. The van der Waals surface area contributed by atoms with Gasteiger partial charge < -0.3 is 10.6 Å². The summed E-state index contributed by atoms with van der Waals surface area (Å²) in [6, 6.07) is 5.15.